The third kappa shape index (κ3) is 4.10. The Morgan fingerprint density at radius 3 is 2.74 bits per heavy atom. The summed E-state index contributed by atoms with van der Waals surface area (Å²) in [5, 5.41) is 6.07. The maximum Gasteiger partial charge on any atom is 0.221 e. The number of hydrogen-bond donors (Lipinski definition) is 2. The lowest BCUT2D eigenvalue weighted by Crippen LogP contribution is -2.06. The molecule has 4 heteroatoms. The fourth-order valence-corrected chi connectivity index (χ4v) is 1.83. The van der Waals surface area contributed by atoms with Gasteiger partial charge in [0.2, 0.25) is 5.91 Å². The van der Waals surface area contributed by atoms with Gasteiger partial charge in [0.05, 0.1) is 0 Å². The molecule has 0 aliphatic heterocycles. The Morgan fingerprint density at radius 1 is 1.21 bits per heavy atom. The second-order valence-corrected chi connectivity index (χ2v) is 4.49. The molecule has 0 atom stereocenters. The number of carbonyl (C=O) groups excluding carboxylic acids is 1. The van der Waals surface area contributed by atoms with Crippen LogP contribution in [0.1, 0.15) is 18.1 Å². The van der Waals surface area contributed by atoms with Crippen molar-refractivity contribution in [1.82, 2.24) is 4.98 Å². The Bertz CT molecular complexity index is 581. The Morgan fingerprint density at radius 2 is 2.00 bits per heavy atom. The molecule has 1 aromatic heterocycles. The van der Waals surface area contributed by atoms with Gasteiger partial charge in [0, 0.05) is 37.2 Å². The van der Waals surface area contributed by atoms with Crippen LogP contribution in [0.25, 0.3) is 0 Å². The number of aryl methyl sites for hydroxylation is 1. The molecule has 2 rings (SSSR count). The molecule has 0 saturated heterocycles. The summed E-state index contributed by atoms with van der Waals surface area (Å²) in [4.78, 5) is 15.2. The van der Waals surface area contributed by atoms with Gasteiger partial charge >= 0.3 is 0 Å². The molecule has 1 amide bonds. The molecule has 4 nitrogen and oxygen atoms in total. The van der Waals surface area contributed by atoms with Crippen molar-refractivity contribution >= 4 is 17.3 Å². The zero-order chi connectivity index (χ0) is 13.7. The van der Waals surface area contributed by atoms with E-state index in [0.717, 1.165) is 22.5 Å². The summed E-state index contributed by atoms with van der Waals surface area (Å²) in [5.41, 5.74) is 4.03. The van der Waals surface area contributed by atoms with Crippen molar-refractivity contribution in [3.05, 3.63) is 53.9 Å². The van der Waals surface area contributed by atoms with Gasteiger partial charge in [-0.2, -0.15) is 0 Å². The van der Waals surface area contributed by atoms with Crippen LogP contribution in [0.5, 0.6) is 0 Å². The Labute approximate surface area is 112 Å². The van der Waals surface area contributed by atoms with Crippen molar-refractivity contribution in [3.8, 4) is 0 Å². The van der Waals surface area contributed by atoms with Gasteiger partial charge < -0.3 is 10.6 Å². The Kier molecular flexibility index (Phi) is 4.13. The van der Waals surface area contributed by atoms with Gasteiger partial charge in [-0.3, -0.25) is 9.78 Å². The highest BCUT2D eigenvalue weighted by Gasteiger charge is 1.98. The fraction of sp³-hybridized carbons (Fsp3) is 0.200. The number of rotatable bonds is 4. The summed E-state index contributed by atoms with van der Waals surface area (Å²) in [6, 6.07) is 9.74. The highest BCUT2D eigenvalue weighted by Crippen LogP contribution is 2.16. The fourth-order valence-electron chi connectivity index (χ4n) is 1.83. The molecule has 19 heavy (non-hydrogen) atoms. The van der Waals surface area contributed by atoms with Gasteiger partial charge in [-0.1, -0.05) is 12.1 Å². The SMILES string of the molecule is CC(=O)Nc1cccc(NCc2cncc(C)c2)c1. The van der Waals surface area contributed by atoms with E-state index in [-0.39, 0.29) is 5.91 Å². The number of carbonyl (C=O) groups is 1. The monoisotopic (exact) mass is 255 g/mol. The number of pyridine rings is 1. The van der Waals surface area contributed by atoms with Gasteiger partial charge in [0.1, 0.15) is 0 Å². The van der Waals surface area contributed by atoms with E-state index >= 15 is 0 Å². The summed E-state index contributed by atoms with van der Waals surface area (Å²) >= 11 is 0. The molecule has 2 N–H and O–H groups in total. The third-order valence-electron chi connectivity index (χ3n) is 2.61. The van der Waals surface area contributed by atoms with E-state index in [1.54, 1.807) is 0 Å². The van der Waals surface area contributed by atoms with Crippen LogP contribution in [-0.4, -0.2) is 10.9 Å². The molecular weight excluding hydrogens is 238 g/mol. The summed E-state index contributed by atoms with van der Waals surface area (Å²) < 4.78 is 0. The van der Waals surface area contributed by atoms with Crippen molar-refractivity contribution in [2.75, 3.05) is 10.6 Å². The first-order chi connectivity index (χ1) is 9.13. The summed E-state index contributed by atoms with van der Waals surface area (Å²) in [5.74, 6) is -0.0694. The van der Waals surface area contributed by atoms with E-state index in [1.165, 1.54) is 6.92 Å². The van der Waals surface area contributed by atoms with Gasteiger partial charge in [-0.25, -0.2) is 0 Å². The molecule has 2 aromatic rings. The van der Waals surface area contributed by atoms with Crippen LogP contribution >= 0.6 is 0 Å². The summed E-state index contributed by atoms with van der Waals surface area (Å²) in [7, 11) is 0. The lowest BCUT2D eigenvalue weighted by atomic mass is 10.2. The van der Waals surface area contributed by atoms with Crippen LogP contribution in [0.15, 0.2) is 42.7 Å². The summed E-state index contributed by atoms with van der Waals surface area (Å²) in [6.45, 7) is 4.23. The first kappa shape index (κ1) is 13.1. The predicted molar refractivity (Wildman–Crippen MR) is 77.0 cm³/mol. The number of aromatic nitrogens is 1. The van der Waals surface area contributed by atoms with E-state index in [9.17, 15) is 4.79 Å². The highest BCUT2D eigenvalue weighted by molar-refractivity contribution is 5.89. The van der Waals surface area contributed by atoms with Gasteiger partial charge in [0.25, 0.3) is 0 Å². The molecule has 0 unspecified atom stereocenters. The van der Waals surface area contributed by atoms with Crippen LogP contribution in [0, 0.1) is 6.92 Å². The lowest BCUT2D eigenvalue weighted by molar-refractivity contribution is -0.114. The standard InChI is InChI=1S/C15H17N3O/c1-11-6-13(9-16-8-11)10-17-14-4-3-5-15(7-14)18-12(2)19/h3-9,17H,10H2,1-2H3,(H,18,19). The zero-order valence-corrected chi connectivity index (χ0v) is 11.1. The van der Waals surface area contributed by atoms with E-state index < -0.39 is 0 Å². The average molecular weight is 255 g/mol. The van der Waals surface area contributed by atoms with E-state index in [0.29, 0.717) is 6.54 Å². The molecule has 0 saturated carbocycles. The Balaban J connectivity index is 2.01. The van der Waals surface area contributed by atoms with Crippen molar-refractivity contribution in [3.63, 3.8) is 0 Å². The largest absolute Gasteiger partial charge is 0.381 e. The van der Waals surface area contributed by atoms with Crippen LogP contribution in [0.4, 0.5) is 11.4 Å². The molecule has 0 fully saturated rings. The third-order valence-corrected chi connectivity index (χ3v) is 2.61. The van der Waals surface area contributed by atoms with E-state index in [2.05, 4.69) is 21.7 Å². The van der Waals surface area contributed by atoms with Crippen molar-refractivity contribution in [2.24, 2.45) is 0 Å². The number of hydrogen-bond acceptors (Lipinski definition) is 3. The summed E-state index contributed by atoms with van der Waals surface area (Å²) in [6.07, 6.45) is 3.68. The first-order valence-corrected chi connectivity index (χ1v) is 6.15. The maximum atomic E-state index is 11.0. The second-order valence-electron chi connectivity index (χ2n) is 4.49. The van der Waals surface area contributed by atoms with Crippen LogP contribution < -0.4 is 10.6 Å². The quantitative estimate of drug-likeness (QED) is 0.883. The zero-order valence-electron chi connectivity index (χ0n) is 11.1. The number of nitrogens with one attached hydrogen (secondary N) is 2. The number of benzene rings is 1. The minimum Gasteiger partial charge on any atom is -0.381 e. The molecule has 98 valence electrons. The number of nitrogens with zero attached hydrogens (tertiary/aromatic N) is 1. The first-order valence-electron chi connectivity index (χ1n) is 6.15. The minimum absolute atomic E-state index is 0.0694. The molecule has 1 aromatic carbocycles. The van der Waals surface area contributed by atoms with Crippen LogP contribution in [-0.2, 0) is 11.3 Å². The van der Waals surface area contributed by atoms with Gasteiger partial charge in [-0.05, 0) is 36.2 Å². The average Bonchev–Trinajstić information content (AvgIpc) is 2.36. The molecule has 0 bridgehead atoms. The molecule has 0 aliphatic carbocycles. The lowest BCUT2D eigenvalue weighted by Gasteiger charge is -2.09. The predicted octanol–water partition coefficient (Wildman–Crippen LogP) is 2.96. The van der Waals surface area contributed by atoms with Gasteiger partial charge in [-0.15, -0.1) is 0 Å². The van der Waals surface area contributed by atoms with Crippen molar-refractivity contribution in [1.29, 1.82) is 0 Å². The van der Waals surface area contributed by atoms with E-state index in [1.807, 2.05) is 43.6 Å². The Hall–Kier alpha value is -2.36. The minimum atomic E-state index is -0.0694. The highest BCUT2D eigenvalue weighted by atomic mass is 16.1. The van der Waals surface area contributed by atoms with Crippen molar-refractivity contribution < 1.29 is 4.79 Å². The molecule has 1 heterocycles. The molecule has 0 aliphatic rings. The molecule has 0 spiro atoms. The number of anilines is 2. The maximum absolute atomic E-state index is 11.0. The van der Waals surface area contributed by atoms with Crippen molar-refractivity contribution in [2.45, 2.75) is 20.4 Å². The number of amides is 1. The normalized spacial score (nSPS) is 10.0. The molecule has 0 radical (unpaired) electrons. The van der Waals surface area contributed by atoms with Crippen LogP contribution in [0.2, 0.25) is 0 Å². The second kappa shape index (κ2) is 6.00. The van der Waals surface area contributed by atoms with Gasteiger partial charge in [0.15, 0.2) is 0 Å². The molecular formula is C15H17N3O. The smallest absolute Gasteiger partial charge is 0.221 e. The van der Waals surface area contributed by atoms with Crippen LogP contribution in [0.3, 0.4) is 0 Å². The topological polar surface area (TPSA) is 54.0 Å². The van der Waals surface area contributed by atoms with E-state index in [4.69, 9.17) is 0 Å².